The van der Waals surface area contributed by atoms with Crippen LogP contribution in [0.15, 0.2) is 36.4 Å². The summed E-state index contributed by atoms with van der Waals surface area (Å²) in [6.45, 7) is 3.45. The van der Waals surface area contributed by atoms with Gasteiger partial charge < -0.3 is 10.1 Å². The van der Waals surface area contributed by atoms with Crippen molar-refractivity contribution in [3.8, 4) is 0 Å². The SMILES string of the molecule is CCCc1cc(C(=O)NC[C@H]2CCO[C@@H]2c2ccccc2)n[nH]1. The van der Waals surface area contributed by atoms with E-state index in [-0.39, 0.29) is 12.0 Å². The minimum Gasteiger partial charge on any atom is -0.373 e. The van der Waals surface area contributed by atoms with Crippen LogP contribution in [0.25, 0.3) is 0 Å². The Bertz CT molecular complexity index is 639. The average molecular weight is 313 g/mol. The number of amides is 1. The van der Waals surface area contributed by atoms with E-state index in [1.54, 1.807) is 0 Å². The molecule has 0 unspecified atom stereocenters. The first kappa shape index (κ1) is 15.7. The molecule has 0 aliphatic carbocycles. The first-order valence-corrected chi connectivity index (χ1v) is 8.27. The van der Waals surface area contributed by atoms with Crippen LogP contribution < -0.4 is 5.32 Å². The Morgan fingerprint density at radius 2 is 2.22 bits per heavy atom. The Morgan fingerprint density at radius 3 is 3.00 bits per heavy atom. The van der Waals surface area contributed by atoms with E-state index < -0.39 is 0 Å². The molecule has 5 nitrogen and oxygen atoms in total. The summed E-state index contributed by atoms with van der Waals surface area (Å²) in [5, 5.41) is 10.00. The van der Waals surface area contributed by atoms with Gasteiger partial charge in [-0.05, 0) is 24.5 Å². The Kier molecular flexibility index (Phi) is 5.08. The van der Waals surface area contributed by atoms with Crippen molar-refractivity contribution >= 4 is 5.91 Å². The number of hydrogen-bond donors (Lipinski definition) is 2. The van der Waals surface area contributed by atoms with Gasteiger partial charge in [-0.25, -0.2) is 0 Å². The van der Waals surface area contributed by atoms with Crippen LogP contribution in [0.1, 0.15) is 47.6 Å². The van der Waals surface area contributed by atoms with E-state index in [0.29, 0.717) is 18.2 Å². The van der Waals surface area contributed by atoms with Gasteiger partial charge in [0, 0.05) is 24.8 Å². The summed E-state index contributed by atoms with van der Waals surface area (Å²) in [7, 11) is 0. The number of rotatable bonds is 6. The zero-order valence-corrected chi connectivity index (χ0v) is 13.4. The lowest BCUT2D eigenvalue weighted by Crippen LogP contribution is -2.30. The molecular weight excluding hydrogens is 290 g/mol. The van der Waals surface area contributed by atoms with E-state index in [0.717, 1.165) is 31.6 Å². The molecule has 1 aliphatic rings. The number of nitrogens with one attached hydrogen (secondary N) is 2. The molecule has 1 aromatic carbocycles. The van der Waals surface area contributed by atoms with Gasteiger partial charge >= 0.3 is 0 Å². The summed E-state index contributed by atoms with van der Waals surface area (Å²) in [5.41, 5.74) is 2.64. The van der Waals surface area contributed by atoms with Crippen molar-refractivity contribution in [2.24, 2.45) is 5.92 Å². The number of carbonyl (C=O) groups excluding carboxylic acids is 1. The molecule has 2 heterocycles. The fourth-order valence-electron chi connectivity index (χ4n) is 3.04. The maximum atomic E-state index is 12.2. The Hall–Kier alpha value is -2.14. The first-order valence-electron chi connectivity index (χ1n) is 8.27. The Morgan fingerprint density at radius 1 is 1.39 bits per heavy atom. The number of nitrogens with zero attached hydrogens (tertiary/aromatic N) is 1. The molecule has 122 valence electrons. The number of carbonyl (C=O) groups is 1. The number of aromatic nitrogens is 2. The molecule has 1 aliphatic heterocycles. The normalized spacial score (nSPS) is 20.6. The second-order valence-electron chi connectivity index (χ2n) is 5.99. The van der Waals surface area contributed by atoms with Crippen LogP contribution in [0.4, 0.5) is 0 Å². The summed E-state index contributed by atoms with van der Waals surface area (Å²) < 4.78 is 5.85. The molecule has 5 heteroatoms. The second kappa shape index (κ2) is 7.42. The maximum absolute atomic E-state index is 12.2. The van der Waals surface area contributed by atoms with Gasteiger partial charge in [-0.2, -0.15) is 5.10 Å². The van der Waals surface area contributed by atoms with Crippen molar-refractivity contribution < 1.29 is 9.53 Å². The quantitative estimate of drug-likeness (QED) is 0.861. The van der Waals surface area contributed by atoms with Gasteiger partial charge in [-0.15, -0.1) is 0 Å². The van der Waals surface area contributed by atoms with Crippen LogP contribution in [-0.4, -0.2) is 29.3 Å². The van der Waals surface area contributed by atoms with E-state index in [4.69, 9.17) is 4.74 Å². The molecule has 1 fully saturated rings. The first-order chi connectivity index (χ1) is 11.3. The molecular formula is C18H23N3O2. The van der Waals surface area contributed by atoms with Crippen LogP contribution in [0, 0.1) is 5.92 Å². The lowest BCUT2D eigenvalue weighted by atomic mass is 9.95. The number of H-pyrrole nitrogens is 1. The molecule has 1 saturated heterocycles. The smallest absolute Gasteiger partial charge is 0.271 e. The van der Waals surface area contributed by atoms with Crippen LogP contribution in [0.3, 0.4) is 0 Å². The monoisotopic (exact) mass is 313 g/mol. The molecule has 0 bridgehead atoms. The van der Waals surface area contributed by atoms with Crippen LogP contribution in [0.2, 0.25) is 0 Å². The maximum Gasteiger partial charge on any atom is 0.271 e. The van der Waals surface area contributed by atoms with Crippen molar-refractivity contribution in [1.29, 1.82) is 0 Å². The highest BCUT2D eigenvalue weighted by Crippen LogP contribution is 2.33. The van der Waals surface area contributed by atoms with Crippen LogP contribution >= 0.6 is 0 Å². The van der Waals surface area contributed by atoms with Gasteiger partial charge in [0.25, 0.3) is 5.91 Å². The molecule has 0 spiro atoms. The molecule has 0 saturated carbocycles. The highest BCUT2D eigenvalue weighted by Gasteiger charge is 2.29. The summed E-state index contributed by atoms with van der Waals surface area (Å²) in [4.78, 5) is 12.2. The zero-order valence-electron chi connectivity index (χ0n) is 13.4. The summed E-state index contributed by atoms with van der Waals surface area (Å²) >= 11 is 0. The van der Waals surface area contributed by atoms with Crippen LogP contribution in [-0.2, 0) is 11.2 Å². The minimum atomic E-state index is -0.123. The van der Waals surface area contributed by atoms with Gasteiger partial charge in [0.05, 0.1) is 6.10 Å². The van der Waals surface area contributed by atoms with Crippen molar-refractivity contribution in [2.45, 2.75) is 32.3 Å². The third-order valence-electron chi connectivity index (χ3n) is 4.25. The fourth-order valence-corrected chi connectivity index (χ4v) is 3.04. The molecule has 0 radical (unpaired) electrons. The third-order valence-corrected chi connectivity index (χ3v) is 4.25. The predicted molar refractivity (Wildman–Crippen MR) is 88.2 cm³/mol. The minimum absolute atomic E-state index is 0.0614. The number of ether oxygens (including phenoxy) is 1. The van der Waals surface area contributed by atoms with Gasteiger partial charge in [-0.1, -0.05) is 43.7 Å². The number of aromatic amines is 1. The zero-order chi connectivity index (χ0) is 16.1. The Labute approximate surface area is 136 Å². The van der Waals surface area contributed by atoms with E-state index in [1.807, 2.05) is 24.3 Å². The largest absolute Gasteiger partial charge is 0.373 e. The van der Waals surface area contributed by atoms with E-state index in [1.165, 1.54) is 5.56 Å². The van der Waals surface area contributed by atoms with E-state index in [2.05, 4.69) is 34.6 Å². The molecule has 2 atom stereocenters. The average Bonchev–Trinajstić information content (AvgIpc) is 3.23. The summed E-state index contributed by atoms with van der Waals surface area (Å²) in [5.74, 6) is 0.178. The van der Waals surface area contributed by atoms with Crippen molar-refractivity contribution in [1.82, 2.24) is 15.5 Å². The number of benzene rings is 1. The topological polar surface area (TPSA) is 67.0 Å². The summed E-state index contributed by atoms with van der Waals surface area (Å²) in [6.07, 6.45) is 2.96. The standard InChI is InChI=1S/C18H23N3O2/c1-2-6-15-11-16(21-20-15)18(22)19-12-14-9-10-23-17(14)13-7-4-3-5-8-13/h3-5,7-8,11,14,17H,2,6,9-10,12H2,1H3,(H,19,22)(H,20,21)/t14-,17-/m1/s1. The molecule has 1 aromatic heterocycles. The van der Waals surface area contributed by atoms with E-state index in [9.17, 15) is 4.79 Å². The molecule has 3 rings (SSSR count). The van der Waals surface area contributed by atoms with Gasteiger partial charge in [-0.3, -0.25) is 9.89 Å². The van der Waals surface area contributed by atoms with Crippen molar-refractivity contribution in [3.05, 3.63) is 53.3 Å². The van der Waals surface area contributed by atoms with Gasteiger partial charge in [0.1, 0.15) is 5.69 Å². The number of aryl methyl sites for hydroxylation is 1. The van der Waals surface area contributed by atoms with Gasteiger partial charge in [0.15, 0.2) is 0 Å². The Balaban J connectivity index is 1.57. The molecule has 1 amide bonds. The second-order valence-corrected chi connectivity index (χ2v) is 5.99. The molecule has 2 N–H and O–H groups in total. The van der Waals surface area contributed by atoms with Crippen molar-refractivity contribution in [3.63, 3.8) is 0 Å². The summed E-state index contributed by atoms with van der Waals surface area (Å²) in [6, 6.07) is 12.0. The molecule has 23 heavy (non-hydrogen) atoms. The third kappa shape index (κ3) is 3.79. The lowest BCUT2D eigenvalue weighted by Gasteiger charge is -2.19. The van der Waals surface area contributed by atoms with Gasteiger partial charge in [0.2, 0.25) is 0 Å². The fraction of sp³-hybridized carbons (Fsp3) is 0.444. The molecule has 2 aromatic rings. The highest BCUT2D eigenvalue weighted by molar-refractivity contribution is 5.92. The van der Waals surface area contributed by atoms with Crippen LogP contribution in [0.5, 0.6) is 0 Å². The van der Waals surface area contributed by atoms with E-state index >= 15 is 0 Å². The van der Waals surface area contributed by atoms with Crippen molar-refractivity contribution in [2.75, 3.05) is 13.2 Å². The predicted octanol–water partition coefficient (Wildman–Crippen LogP) is 2.87. The highest BCUT2D eigenvalue weighted by atomic mass is 16.5. The lowest BCUT2D eigenvalue weighted by molar-refractivity contribution is 0.0844. The number of hydrogen-bond acceptors (Lipinski definition) is 3.